The summed E-state index contributed by atoms with van der Waals surface area (Å²) in [5.74, 6) is -0.633. The lowest BCUT2D eigenvalue weighted by Crippen LogP contribution is -2.64. The second kappa shape index (κ2) is 10.3. The summed E-state index contributed by atoms with van der Waals surface area (Å²) in [7, 11) is 1.45. The largest absolute Gasteiger partial charge is 0.469 e. The molecule has 3 aliphatic rings. The van der Waals surface area contributed by atoms with Gasteiger partial charge < -0.3 is 18.9 Å². The van der Waals surface area contributed by atoms with E-state index in [2.05, 4.69) is 24.3 Å². The highest BCUT2D eigenvalue weighted by atomic mass is 16.6. The van der Waals surface area contributed by atoms with Crippen molar-refractivity contribution >= 4 is 5.97 Å². The maximum Gasteiger partial charge on any atom is 0.311 e. The third kappa shape index (κ3) is 4.76. The Morgan fingerprint density at radius 2 is 1.34 bits per heavy atom. The van der Waals surface area contributed by atoms with Gasteiger partial charge in [0.15, 0.2) is 0 Å². The standard InChI is InChI=1S/C30H32O5/c1-32-27(31)26-17-29(22-33-18-23-11-5-2-6-12-23)21-30(26,35-20-25-15-9-4-10-16-25)28(29)34-19-24-13-7-3-8-14-24/h2-16,26,28H,17-22H2,1H3/t26-,28+,29+,30-/m0/s1. The molecule has 0 aliphatic heterocycles. The van der Waals surface area contributed by atoms with Crippen molar-refractivity contribution in [2.24, 2.45) is 11.3 Å². The minimum absolute atomic E-state index is 0.242. The second-order valence-electron chi connectivity index (χ2n) is 9.70. The molecule has 3 aliphatic carbocycles. The van der Waals surface area contributed by atoms with E-state index >= 15 is 0 Å². The number of hydrogen-bond acceptors (Lipinski definition) is 5. The summed E-state index contributed by atoms with van der Waals surface area (Å²) in [4.78, 5) is 12.9. The Labute approximate surface area is 207 Å². The van der Waals surface area contributed by atoms with Crippen LogP contribution in [0.3, 0.4) is 0 Å². The van der Waals surface area contributed by atoms with Gasteiger partial charge in [-0.15, -0.1) is 0 Å². The normalized spacial score (nSPS) is 26.8. The molecule has 0 radical (unpaired) electrons. The van der Waals surface area contributed by atoms with Gasteiger partial charge in [0.1, 0.15) is 5.60 Å². The van der Waals surface area contributed by atoms with Crippen LogP contribution >= 0.6 is 0 Å². The molecule has 6 rings (SSSR count). The zero-order chi connectivity index (χ0) is 24.1. The van der Waals surface area contributed by atoms with Crippen molar-refractivity contribution in [2.75, 3.05) is 13.7 Å². The molecule has 0 amide bonds. The first-order valence-electron chi connectivity index (χ1n) is 12.2. The Kier molecular flexibility index (Phi) is 7.00. The smallest absolute Gasteiger partial charge is 0.311 e. The van der Waals surface area contributed by atoms with Crippen molar-refractivity contribution in [2.45, 2.75) is 44.4 Å². The second-order valence-corrected chi connectivity index (χ2v) is 9.70. The first kappa shape index (κ1) is 23.7. The van der Waals surface area contributed by atoms with Gasteiger partial charge in [-0.3, -0.25) is 4.79 Å². The van der Waals surface area contributed by atoms with Crippen molar-refractivity contribution in [1.82, 2.24) is 0 Å². The van der Waals surface area contributed by atoms with E-state index in [4.69, 9.17) is 18.9 Å². The zero-order valence-electron chi connectivity index (χ0n) is 20.1. The first-order chi connectivity index (χ1) is 17.2. The third-order valence-corrected chi connectivity index (χ3v) is 7.43. The van der Waals surface area contributed by atoms with Gasteiger partial charge in [-0.05, 0) is 29.5 Å². The van der Waals surface area contributed by atoms with Crippen LogP contribution < -0.4 is 0 Å². The van der Waals surface area contributed by atoms with Gasteiger partial charge in [0.05, 0.1) is 45.6 Å². The zero-order valence-corrected chi connectivity index (χ0v) is 20.1. The summed E-state index contributed by atoms with van der Waals surface area (Å²) in [6.07, 6.45) is 1.07. The molecule has 3 aromatic carbocycles. The lowest BCUT2D eigenvalue weighted by atomic mass is 9.63. The summed E-state index contributed by atoms with van der Waals surface area (Å²) in [6.45, 7) is 1.90. The summed E-state index contributed by atoms with van der Waals surface area (Å²) >= 11 is 0. The van der Waals surface area contributed by atoms with E-state index in [1.807, 2.05) is 66.7 Å². The van der Waals surface area contributed by atoms with E-state index in [-0.39, 0.29) is 17.5 Å². The Hall–Kier alpha value is -2.99. The average molecular weight is 473 g/mol. The molecule has 3 saturated carbocycles. The summed E-state index contributed by atoms with van der Waals surface area (Å²) in [5.41, 5.74) is 2.26. The Bertz CT molecular complexity index is 1100. The molecule has 0 N–H and O–H groups in total. The van der Waals surface area contributed by atoms with Crippen LogP contribution in [0.15, 0.2) is 91.0 Å². The van der Waals surface area contributed by atoms with E-state index in [1.54, 1.807) is 0 Å². The molecule has 35 heavy (non-hydrogen) atoms. The molecule has 5 heteroatoms. The number of rotatable bonds is 11. The molecule has 0 spiro atoms. The molecule has 3 aromatic rings. The Morgan fingerprint density at radius 1 is 0.800 bits per heavy atom. The van der Waals surface area contributed by atoms with Gasteiger partial charge in [-0.1, -0.05) is 91.0 Å². The molecule has 5 nitrogen and oxygen atoms in total. The van der Waals surface area contributed by atoms with Crippen molar-refractivity contribution in [3.63, 3.8) is 0 Å². The summed E-state index contributed by atoms with van der Waals surface area (Å²) in [6, 6.07) is 30.3. The molecular weight excluding hydrogens is 440 g/mol. The number of carbonyl (C=O) groups excluding carboxylic acids is 1. The van der Waals surface area contributed by atoms with Crippen LogP contribution in [0.25, 0.3) is 0 Å². The van der Waals surface area contributed by atoms with Gasteiger partial charge in [-0.25, -0.2) is 0 Å². The lowest BCUT2D eigenvalue weighted by Gasteiger charge is -2.54. The molecule has 3 fully saturated rings. The SMILES string of the molecule is COC(=O)[C@@H]1C[C@]2(COCc3ccccc3)C[C@@]1(OCc1ccccc1)[C@@H]2OCc1ccccc1. The van der Waals surface area contributed by atoms with Crippen molar-refractivity contribution < 1.29 is 23.7 Å². The highest BCUT2D eigenvalue weighted by Gasteiger charge is 2.77. The van der Waals surface area contributed by atoms with Crippen LogP contribution in [0, 0.1) is 11.3 Å². The van der Waals surface area contributed by atoms with Crippen LogP contribution in [0.2, 0.25) is 0 Å². The minimum Gasteiger partial charge on any atom is -0.469 e. The quantitative estimate of drug-likeness (QED) is 0.353. The highest BCUT2D eigenvalue weighted by Crippen LogP contribution is 2.68. The van der Waals surface area contributed by atoms with E-state index in [0.717, 1.165) is 16.7 Å². The molecule has 182 valence electrons. The van der Waals surface area contributed by atoms with Crippen LogP contribution in [0.1, 0.15) is 29.5 Å². The predicted molar refractivity (Wildman–Crippen MR) is 132 cm³/mol. The van der Waals surface area contributed by atoms with Gasteiger partial charge in [-0.2, -0.15) is 0 Å². The van der Waals surface area contributed by atoms with Crippen LogP contribution in [0.4, 0.5) is 0 Å². The van der Waals surface area contributed by atoms with Crippen molar-refractivity contribution in [3.8, 4) is 0 Å². The number of fused-ring (bicyclic) bond motifs is 1. The number of benzene rings is 3. The number of ether oxygens (including phenoxy) is 4. The summed E-state index contributed by atoms with van der Waals surface area (Å²) in [5, 5.41) is 0. The summed E-state index contributed by atoms with van der Waals surface area (Å²) < 4.78 is 24.6. The van der Waals surface area contributed by atoms with Crippen LogP contribution in [0.5, 0.6) is 0 Å². The first-order valence-corrected chi connectivity index (χ1v) is 12.2. The van der Waals surface area contributed by atoms with E-state index < -0.39 is 11.5 Å². The topological polar surface area (TPSA) is 54.0 Å². The Morgan fingerprint density at radius 3 is 1.91 bits per heavy atom. The van der Waals surface area contributed by atoms with E-state index in [0.29, 0.717) is 39.3 Å². The molecule has 2 bridgehead atoms. The van der Waals surface area contributed by atoms with Gasteiger partial charge in [0.2, 0.25) is 0 Å². The fraction of sp³-hybridized carbons (Fsp3) is 0.367. The number of hydrogen-bond donors (Lipinski definition) is 0. The fourth-order valence-corrected chi connectivity index (χ4v) is 5.84. The van der Waals surface area contributed by atoms with Gasteiger partial charge in [0.25, 0.3) is 0 Å². The van der Waals surface area contributed by atoms with Crippen molar-refractivity contribution in [1.29, 1.82) is 0 Å². The number of esters is 1. The third-order valence-electron chi connectivity index (χ3n) is 7.43. The maximum absolute atomic E-state index is 12.9. The molecule has 0 saturated heterocycles. The van der Waals surface area contributed by atoms with Crippen molar-refractivity contribution in [3.05, 3.63) is 108 Å². The Balaban J connectivity index is 1.37. The van der Waals surface area contributed by atoms with Crippen LogP contribution in [-0.2, 0) is 43.6 Å². The molecular formula is C30H32O5. The predicted octanol–water partition coefficient (Wildman–Crippen LogP) is 5.33. The lowest BCUT2D eigenvalue weighted by molar-refractivity contribution is -0.264. The van der Waals surface area contributed by atoms with Gasteiger partial charge >= 0.3 is 5.97 Å². The molecule has 0 unspecified atom stereocenters. The highest BCUT2D eigenvalue weighted by molar-refractivity contribution is 5.76. The molecule has 0 aromatic heterocycles. The van der Waals surface area contributed by atoms with Crippen LogP contribution in [-0.4, -0.2) is 31.4 Å². The number of methoxy groups -OCH3 is 1. The molecule has 4 atom stereocenters. The maximum atomic E-state index is 12.9. The fourth-order valence-electron chi connectivity index (χ4n) is 5.84. The average Bonchev–Trinajstić information content (AvgIpc) is 3.38. The molecule has 0 heterocycles. The number of carbonyl (C=O) groups is 1. The van der Waals surface area contributed by atoms with E-state index in [9.17, 15) is 4.79 Å². The van der Waals surface area contributed by atoms with Gasteiger partial charge in [0, 0.05) is 5.41 Å². The monoisotopic (exact) mass is 472 g/mol. The minimum atomic E-state index is -0.728. The van der Waals surface area contributed by atoms with E-state index in [1.165, 1.54) is 7.11 Å².